The summed E-state index contributed by atoms with van der Waals surface area (Å²) in [4.78, 5) is 11.6. The fourth-order valence-corrected chi connectivity index (χ4v) is 2.14. The van der Waals surface area contributed by atoms with Gasteiger partial charge in [0, 0.05) is 12.6 Å². The Hall–Kier alpha value is -2.61. The van der Waals surface area contributed by atoms with Gasteiger partial charge < -0.3 is 9.55 Å². The first-order chi connectivity index (χ1) is 8.69. The van der Waals surface area contributed by atoms with Gasteiger partial charge in [-0.15, -0.1) is 0 Å². The maximum absolute atomic E-state index is 9.06. The molecule has 0 aliphatic rings. The zero-order valence-electron chi connectivity index (χ0n) is 10.1. The van der Waals surface area contributed by atoms with E-state index in [0.717, 1.165) is 28.1 Å². The van der Waals surface area contributed by atoms with Crippen molar-refractivity contribution in [2.75, 3.05) is 0 Å². The van der Waals surface area contributed by atoms with E-state index in [1.54, 1.807) is 6.33 Å². The van der Waals surface area contributed by atoms with Gasteiger partial charge >= 0.3 is 0 Å². The fraction of sp³-hybridized carbons (Fsp3) is 0.154. The Labute approximate surface area is 104 Å². The Morgan fingerprint density at radius 3 is 3.00 bits per heavy atom. The van der Waals surface area contributed by atoms with Crippen molar-refractivity contribution in [3.63, 3.8) is 0 Å². The third kappa shape index (κ3) is 1.47. The molecule has 1 aromatic carbocycles. The number of hydrogen-bond acceptors (Lipinski definition) is 3. The third-order valence-corrected chi connectivity index (χ3v) is 2.92. The van der Waals surface area contributed by atoms with Crippen molar-refractivity contribution in [2.45, 2.75) is 6.92 Å². The average molecular weight is 237 g/mol. The topological polar surface area (TPSA) is 70.3 Å². The molecule has 0 saturated carbocycles. The van der Waals surface area contributed by atoms with Crippen LogP contribution in [0.3, 0.4) is 0 Å². The zero-order chi connectivity index (χ0) is 12.7. The molecule has 3 aromatic rings. The average Bonchev–Trinajstić information content (AvgIpc) is 2.89. The van der Waals surface area contributed by atoms with E-state index in [1.807, 2.05) is 36.7 Å². The summed E-state index contributed by atoms with van der Waals surface area (Å²) in [6, 6.07) is 8.01. The number of benzene rings is 1. The first-order valence-corrected chi connectivity index (χ1v) is 5.57. The van der Waals surface area contributed by atoms with Crippen LogP contribution in [0, 0.1) is 18.3 Å². The lowest BCUT2D eigenvalue weighted by Crippen LogP contribution is -1.91. The van der Waals surface area contributed by atoms with Crippen molar-refractivity contribution >= 4 is 11.0 Å². The van der Waals surface area contributed by atoms with Gasteiger partial charge in [-0.05, 0) is 19.1 Å². The quantitative estimate of drug-likeness (QED) is 0.704. The number of aromatic nitrogens is 4. The van der Waals surface area contributed by atoms with Gasteiger partial charge in [0.05, 0.1) is 23.1 Å². The van der Waals surface area contributed by atoms with Gasteiger partial charge in [-0.25, -0.2) is 9.97 Å². The van der Waals surface area contributed by atoms with E-state index >= 15 is 0 Å². The zero-order valence-corrected chi connectivity index (χ0v) is 10.1. The standard InChI is InChI=1S/C13H11N5/c1-8-16-10-4-3-9(5-11(10)17-8)13-12(6-14)15-7-18(13)2/h3-5,7H,1-2H3,(H,16,17). The number of H-pyrrole nitrogens is 1. The number of aromatic amines is 1. The number of aryl methyl sites for hydroxylation is 2. The normalized spacial score (nSPS) is 10.7. The molecular formula is C13H11N5. The van der Waals surface area contributed by atoms with Crippen molar-refractivity contribution in [1.82, 2.24) is 19.5 Å². The summed E-state index contributed by atoms with van der Waals surface area (Å²) in [5.41, 5.74) is 4.12. The second-order valence-corrected chi connectivity index (χ2v) is 4.22. The Bertz CT molecular complexity index is 772. The number of hydrogen-bond donors (Lipinski definition) is 1. The lowest BCUT2D eigenvalue weighted by atomic mass is 10.1. The van der Waals surface area contributed by atoms with Crippen LogP contribution in [0.2, 0.25) is 0 Å². The first-order valence-electron chi connectivity index (χ1n) is 5.57. The number of nitrogens with one attached hydrogen (secondary N) is 1. The van der Waals surface area contributed by atoms with Crippen molar-refractivity contribution in [1.29, 1.82) is 5.26 Å². The van der Waals surface area contributed by atoms with E-state index in [2.05, 4.69) is 21.0 Å². The maximum Gasteiger partial charge on any atom is 0.166 e. The summed E-state index contributed by atoms with van der Waals surface area (Å²) < 4.78 is 1.85. The Kier molecular flexibility index (Phi) is 2.17. The molecule has 2 heterocycles. The molecule has 2 aromatic heterocycles. The first kappa shape index (κ1) is 10.5. The number of nitrogens with zero attached hydrogens (tertiary/aromatic N) is 4. The lowest BCUT2D eigenvalue weighted by molar-refractivity contribution is 0.921. The fourth-order valence-electron chi connectivity index (χ4n) is 2.14. The number of imidazole rings is 2. The SMILES string of the molecule is Cc1nc2ccc(-c3c(C#N)ncn3C)cc2[nH]1. The van der Waals surface area contributed by atoms with Crippen LogP contribution in [0.5, 0.6) is 0 Å². The predicted molar refractivity (Wildman–Crippen MR) is 67.7 cm³/mol. The molecule has 0 aliphatic carbocycles. The highest BCUT2D eigenvalue weighted by molar-refractivity contribution is 5.82. The van der Waals surface area contributed by atoms with E-state index in [1.165, 1.54) is 0 Å². The molecule has 0 radical (unpaired) electrons. The van der Waals surface area contributed by atoms with Crippen LogP contribution in [-0.2, 0) is 7.05 Å². The van der Waals surface area contributed by atoms with Crippen LogP contribution in [0.25, 0.3) is 22.3 Å². The molecule has 0 bridgehead atoms. The molecule has 0 fully saturated rings. The van der Waals surface area contributed by atoms with Crippen molar-refractivity contribution < 1.29 is 0 Å². The molecule has 5 heteroatoms. The molecular weight excluding hydrogens is 226 g/mol. The second kappa shape index (κ2) is 3.70. The van der Waals surface area contributed by atoms with Gasteiger partial charge in [-0.1, -0.05) is 6.07 Å². The summed E-state index contributed by atoms with van der Waals surface area (Å²) in [5.74, 6) is 0.882. The van der Waals surface area contributed by atoms with Crippen LogP contribution in [0.15, 0.2) is 24.5 Å². The van der Waals surface area contributed by atoms with Gasteiger partial charge in [0.2, 0.25) is 0 Å². The number of fused-ring (bicyclic) bond motifs is 1. The van der Waals surface area contributed by atoms with Crippen LogP contribution in [-0.4, -0.2) is 19.5 Å². The van der Waals surface area contributed by atoms with Crippen LogP contribution in [0.4, 0.5) is 0 Å². The van der Waals surface area contributed by atoms with Crippen LogP contribution < -0.4 is 0 Å². The highest BCUT2D eigenvalue weighted by atomic mass is 15.0. The van der Waals surface area contributed by atoms with E-state index in [9.17, 15) is 0 Å². The summed E-state index contributed by atoms with van der Waals surface area (Å²) in [7, 11) is 1.88. The second-order valence-electron chi connectivity index (χ2n) is 4.22. The minimum absolute atomic E-state index is 0.438. The molecule has 3 rings (SSSR count). The Morgan fingerprint density at radius 2 is 2.22 bits per heavy atom. The van der Waals surface area contributed by atoms with E-state index in [4.69, 9.17) is 5.26 Å². The minimum atomic E-state index is 0.438. The van der Waals surface area contributed by atoms with Crippen molar-refractivity contribution in [2.24, 2.45) is 7.05 Å². The smallest absolute Gasteiger partial charge is 0.166 e. The summed E-state index contributed by atoms with van der Waals surface area (Å²) >= 11 is 0. The van der Waals surface area contributed by atoms with E-state index in [0.29, 0.717) is 5.69 Å². The van der Waals surface area contributed by atoms with E-state index < -0.39 is 0 Å². The van der Waals surface area contributed by atoms with Gasteiger partial charge in [-0.3, -0.25) is 0 Å². The Balaban J connectivity index is 2.25. The molecule has 0 saturated heterocycles. The van der Waals surface area contributed by atoms with Gasteiger partial charge in [0.15, 0.2) is 5.69 Å². The summed E-state index contributed by atoms with van der Waals surface area (Å²) in [5, 5.41) is 9.06. The summed E-state index contributed by atoms with van der Waals surface area (Å²) in [6.07, 6.45) is 1.65. The molecule has 18 heavy (non-hydrogen) atoms. The van der Waals surface area contributed by atoms with Gasteiger partial charge in [0.1, 0.15) is 11.9 Å². The Morgan fingerprint density at radius 1 is 1.39 bits per heavy atom. The highest BCUT2D eigenvalue weighted by Crippen LogP contribution is 2.25. The monoisotopic (exact) mass is 237 g/mol. The van der Waals surface area contributed by atoms with E-state index in [-0.39, 0.29) is 0 Å². The lowest BCUT2D eigenvalue weighted by Gasteiger charge is -2.02. The number of nitriles is 1. The van der Waals surface area contributed by atoms with Gasteiger partial charge in [-0.2, -0.15) is 5.26 Å². The molecule has 0 aliphatic heterocycles. The van der Waals surface area contributed by atoms with Gasteiger partial charge in [0.25, 0.3) is 0 Å². The molecule has 5 nitrogen and oxygen atoms in total. The molecule has 88 valence electrons. The minimum Gasteiger partial charge on any atom is -0.342 e. The summed E-state index contributed by atoms with van der Waals surface area (Å²) in [6.45, 7) is 1.92. The third-order valence-electron chi connectivity index (χ3n) is 2.92. The molecule has 0 amide bonds. The molecule has 0 spiro atoms. The highest BCUT2D eigenvalue weighted by Gasteiger charge is 2.11. The van der Waals surface area contributed by atoms with Crippen molar-refractivity contribution in [3.05, 3.63) is 36.0 Å². The molecule has 1 N–H and O–H groups in total. The predicted octanol–water partition coefficient (Wildman–Crippen LogP) is 2.14. The molecule has 0 unspecified atom stereocenters. The number of rotatable bonds is 1. The van der Waals surface area contributed by atoms with Crippen LogP contribution >= 0.6 is 0 Å². The largest absolute Gasteiger partial charge is 0.342 e. The van der Waals surface area contributed by atoms with Crippen molar-refractivity contribution in [3.8, 4) is 17.3 Å². The maximum atomic E-state index is 9.06. The molecule has 0 atom stereocenters. The van der Waals surface area contributed by atoms with Crippen LogP contribution in [0.1, 0.15) is 11.5 Å².